The number of hydrogen-bond acceptors (Lipinski definition) is 1. The Morgan fingerprint density at radius 2 is 1.44 bits per heavy atom. The maximum Gasteiger partial charge on any atom is 0.457 e. The van der Waals surface area contributed by atoms with Gasteiger partial charge in [0.05, 0.1) is 0 Å². The molecule has 0 saturated carbocycles. The van der Waals surface area contributed by atoms with Gasteiger partial charge >= 0.3 is 12.1 Å². The van der Waals surface area contributed by atoms with Crippen molar-refractivity contribution in [2.45, 2.75) is 17.7 Å². The molecule has 134 valence electrons. The largest absolute Gasteiger partial charge is 0.457 e. The highest BCUT2D eigenvalue weighted by atomic mass is 35.5. The van der Waals surface area contributed by atoms with Crippen molar-refractivity contribution in [3.63, 3.8) is 0 Å². The van der Waals surface area contributed by atoms with Gasteiger partial charge in [-0.3, -0.25) is 0 Å². The van der Waals surface area contributed by atoms with Gasteiger partial charge in [0.25, 0.3) is 0 Å². The Balaban J connectivity index is 2.61. The molecule has 8 heteroatoms. The first-order valence-corrected chi connectivity index (χ1v) is 7.23. The maximum absolute atomic E-state index is 14.1. The second-order valence-electron chi connectivity index (χ2n) is 5.20. The zero-order valence-corrected chi connectivity index (χ0v) is 13.1. The van der Waals surface area contributed by atoms with Crippen LogP contribution in [0.1, 0.15) is 11.1 Å². The van der Waals surface area contributed by atoms with Crippen molar-refractivity contribution in [1.29, 1.82) is 0 Å². The van der Waals surface area contributed by atoms with Crippen LogP contribution in [-0.2, 0) is 5.60 Å². The van der Waals surface area contributed by atoms with Crippen LogP contribution in [0.2, 0.25) is 5.02 Å². The Kier molecular flexibility index (Phi) is 5.20. The molecule has 0 aliphatic carbocycles. The predicted molar refractivity (Wildman–Crippen MR) is 81.8 cm³/mol. The van der Waals surface area contributed by atoms with Crippen molar-refractivity contribution in [2.75, 3.05) is 0 Å². The van der Waals surface area contributed by atoms with E-state index < -0.39 is 34.1 Å². The topological polar surface area (TPSA) is 20.2 Å². The molecule has 1 nitrogen and oxygen atoms in total. The molecule has 2 aromatic carbocycles. The fourth-order valence-electron chi connectivity index (χ4n) is 2.14. The van der Waals surface area contributed by atoms with Crippen LogP contribution in [-0.4, -0.2) is 17.2 Å². The van der Waals surface area contributed by atoms with Gasteiger partial charge in [-0.1, -0.05) is 48.0 Å². The fourth-order valence-corrected chi connectivity index (χ4v) is 2.42. The van der Waals surface area contributed by atoms with E-state index in [9.17, 15) is 31.4 Å². The van der Waals surface area contributed by atoms with E-state index >= 15 is 0 Å². The third kappa shape index (κ3) is 3.67. The van der Waals surface area contributed by atoms with Crippen molar-refractivity contribution in [1.82, 2.24) is 0 Å². The van der Waals surface area contributed by atoms with Crippen molar-refractivity contribution >= 4 is 17.7 Å². The minimum atomic E-state index is -6.03. The van der Waals surface area contributed by atoms with Crippen molar-refractivity contribution < 1.29 is 31.4 Å². The minimum absolute atomic E-state index is 0.116. The lowest BCUT2D eigenvalue weighted by Gasteiger charge is -2.35. The molecule has 0 fully saturated rings. The normalized spacial score (nSPS) is 15.4. The van der Waals surface area contributed by atoms with E-state index in [4.69, 9.17) is 11.6 Å². The molecule has 0 heterocycles. The second kappa shape index (κ2) is 6.72. The Morgan fingerprint density at radius 1 is 0.880 bits per heavy atom. The average Bonchev–Trinajstić information content (AvgIpc) is 2.53. The summed E-state index contributed by atoms with van der Waals surface area (Å²) in [4.78, 5) is 0. The van der Waals surface area contributed by atoms with Crippen LogP contribution in [0.5, 0.6) is 0 Å². The smallest absolute Gasteiger partial charge is 0.375 e. The molecule has 2 rings (SSSR count). The molecule has 0 saturated heterocycles. The molecule has 0 amide bonds. The van der Waals surface area contributed by atoms with Crippen LogP contribution in [0.4, 0.5) is 26.3 Å². The summed E-state index contributed by atoms with van der Waals surface area (Å²) >= 11 is 5.72. The molecule has 2 aromatic rings. The molecular weight excluding hydrogens is 370 g/mol. The van der Waals surface area contributed by atoms with Gasteiger partial charge in [-0.2, -0.15) is 22.0 Å². The molecular formula is C17H11ClF6O. The van der Waals surface area contributed by atoms with Crippen LogP contribution in [0.3, 0.4) is 0 Å². The fraction of sp³-hybridized carbons (Fsp3) is 0.176. The Hall–Kier alpha value is -1.99. The maximum atomic E-state index is 14.1. The number of alkyl halides is 5. The lowest BCUT2D eigenvalue weighted by Crippen LogP contribution is -2.54. The van der Waals surface area contributed by atoms with Crippen LogP contribution in [0.25, 0.3) is 6.08 Å². The van der Waals surface area contributed by atoms with E-state index in [0.29, 0.717) is 6.08 Å². The van der Waals surface area contributed by atoms with Gasteiger partial charge in [0.15, 0.2) is 5.60 Å². The first-order chi connectivity index (χ1) is 11.5. The van der Waals surface area contributed by atoms with Crippen LogP contribution in [0, 0.1) is 5.82 Å². The molecule has 0 aliphatic heterocycles. The first-order valence-electron chi connectivity index (χ1n) is 6.86. The molecule has 1 unspecified atom stereocenters. The number of benzene rings is 2. The van der Waals surface area contributed by atoms with Gasteiger partial charge in [-0.15, -0.1) is 0 Å². The lowest BCUT2D eigenvalue weighted by molar-refractivity contribution is -0.334. The quantitative estimate of drug-likeness (QED) is 0.687. The molecule has 0 spiro atoms. The number of aliphatic hydroxyl groups is 1. The zero-order valence-electron chi connectivity index (χ0n) is 12.4. The van der Waals surface area contributed by atoms with Crippen LogP contribution < -0.4 is 0 Å². The van der Waals surface area contributed by atoms with Gasteiger partial charge in [0, 0.05) is 10.6 Å². The summed E-state index contributed by atoms with van der Waals surface area (Å²) in [6, 6.07) is 8.75. The van der Waals surface area contributed by atoms with Crippen molar-refractivity contribution in [3.8, 4) is 0 Å². The third-order valence-corrected chi connectivity index (χ3v) is 3.84. The summed E-state index contributed by atoms with van der Waals surface area (Å²) in [6.45, 7) is 0. The average molecular weight is 381 g/mol. The number of halogens is 7. The van der Waals surface area contributed by atoms with Gasteiger partial charge in [-0.25, -0.2) is 4.39 Å². The Labute approximate surface area is 144 Å². The van der Waals surface area contributed by atoms with Crippen LogP contribution in [0.15, 0.2) is 54.6 Å². The van der Waals surface area contributed by atoms with E-state index in [0.717, 1.165) is 42.5 Å². The van der Waals surface area contributed by atoms with Gasteiger partial charge in [0.1, 0.15) is 5.82 Å². The van der Waals surface area contributed by atoms with Gasteiger partial charge in [-0.05, 0) is 29.8 Å². The molecule has 0 radical (unpaired) electrons. The monoisotopic (exact) mass is 380 g/mol. The van der Waals surface area contributed by atoms with Crippen molar-refractivity contribution in [2.24, 2.45) is 0 Å². The summed E-state index contributed by atoms with van der Waals surface area (Å²) in [5.74, 6) is -6.14. The number of rotatable bonds is 4. The Bertz CT molecular complexity index is 769. The summed E-state index contributed by atoms with van der Waals surface area (Å²) < 4.78 is 79.7. The second-order valence-corrected chi connectivity index (χ2v) is 5.61. The van der Waals surface area contributed by atoms with E-state index in [-0.39, 0.29) is 5.56 Å². The summed E-state index contributed by atoms with van der Waals surface area (Å²) in [5.41, 5.74) is -4.44. The van der Waals surface area contributed by atoms with Gasteiger partial charge in [0.2, 0.25) is 0 Å². The van der Waals surface area contributed by atoms with E-state index in [1.807, 2.05) is 0 Å². The van der Waals surface area contributed by atoms with Gasteiger partial charge < -0.3 is 5.11 Å². The Morgan fingerprint density at radius 3 is 1.96 bits per heavy atom. The SMILES string of the molecule is OC(/C=C/c1ccc(F)cc1)(c1ccccc1Cl)C(F)(F)C(F)(F)F. The van der Waals surface area contributed by atoms with E-state index in [2.05, 4.69) is 0 Å². The van der Waals surface area contributed by atoms with Crippen molar-refractivity contribution in [3.05, 3.63) is 76.6 Å². The first kappa shape index (κ1) is 19.3. The zero-order chi connectivity index (χ0) is 18.9. The lowest BCUT2D eigenvalue weighted by atomic mass is 9.85. The highest BCUT2D eigenvalue weighted by Crippen LogP contribution is 2.50. The molecule has 0 bridgehead atoms. The highest BCUT2D eigenvalue weighted by molar-refractivity contribution is 6.31. The molecule has 0 aromatic heterocycles. The third-order valence-electron chi connectivity index (χ3n) is 3.51. The van der Waals surface area contributed by atoms with E-state index in [1.165, 1.54) is 12.1 Å². The highest BCUT2D eigenvalue weighted by Gasteiger charge is 2.70. The number of hydrogen-bond donors (Lipinski definition) is 1. The molecule has 25 heavy (non-hydrogen) atoms. The molecule has 1 atom stereocenters. The molecule has 1 N–H and O–H groups in total. The predicted octanol–water partition coefficient (Wildman–Crippen LogP) is 5.58. The minimum Gasteiger partial charge on any atom is -0.375 e. The molecule has 0 aliphatic rings. The summed E-state index contributed by atoms with van der Waals surface area (Å²) in [6.07, 6.45) is -4.90. The standard InChI is InChI=1S/C17H11ClF6O/c18-14-4-2-1-3-13(14)15(25,16(20,21)17(22,23)24)10-9-11-5-7-12(19)8-6-11/h1-10,25H/b10-9+. The summed E-state index contributed by atoms with van der Waals surface area (Å²) in [7, 11) is 0. The van der Waals surface area contributed by atoms with Crippen LogP contribution >= 0.6 is 11.6 Å². The van der Waals surface area contributed by atoms with E-state index in [1.54, 1.807) is 0 Å². The summed E-state index contributed by atoms with van der Waals surface area (Å²) in [5, 5.41) is 9.87.